The van der Waals surface area contributed by atoms with Crippen molar-refractivity contribution in [2.45, 2.75) is 19.4 Å². The molecule has 0 aliphatic rings. The van der Waals surface area contributed by atoms with Crippen LogP contribution in [0.3, 0.4) is 0 Å². The molecule has 0 bridgehead atoms. The zero-order valence-electron chi connectivity index (χ0n) is 11.5. The van der Waals surface area contributed by atoms with Gasteiger partial charge in [-0.3, -0.25) is 0 Å². The molecule has 110 valence electrons. The van der Waals surface area contributed by atoms with Gasteiger partial charge in [0.2, 0.25) is 0 Å². The van der Waals surface area contributed by atoms with Crippen LogP contribution in [0.15, 0.2) is 25.8 Å². The summed E-state index contributed by atoms with van der Waals surface area (Å²) in [6.07, 6.45) is 0.731. The Morgan fingerprint density at radius 1 is 1.38 bits per heavy atom. The number of thiazole rings is 1. The predicted molar refractivity (Wildman–Crippen MR) is 88.6 cm³/mol. The summed E-state index contributed by atoms with van der Waals surface area (Å²) in [5.74, 6) is 1.17. The van der Waals surface area contributed by atoms with Crippen molar-refractivity contribution in [3.05, 3.63) is 27.1 Å². The second kappa shape index (κ2) is 6.35. The van der Waals surface area contributed by atoms with Gasteiger partial charge in [-0.1, -0.05) is 5.16 Å². The van der Waals surface area contributed by atoms with Crippen LogP contribution >= 0.6 is 38.6 Å². The van der Waals surface area contributed by atoms with Gasteiger partial charge in [0.25, 0.3) is 5.89 Å². The van der Waals surface area contributed by atoms with E-state index in [4.69, 9.17) is 4.52 Å². The molecule has 3 heterocycles. The first-order valence-corrected chi connectivity index (χ1v) is 8.86. The van der Waals surface area contributed by atoms with Crippen LogP contribution in [0.2, 0.25) is 0 Å². The number of hydrogen-bond acceptors (Lipinski definition) is 7. The Balaban J connectivity index is 1.80. The Bertz CT molecular complexity index is 736. The molecule has 0 amide bonds. The lowest BCUT2D eigenvalue weighted by molar-refractivity contribution is 0.417. The summed E-state index contributed by atoms with van der Waals surface area (Å²) >= 11 is 6.70. The van der Waals surface area contributed by atoms with E-state index < -0.39 is 0 Å². The Labute approximate surface area is 138 Å². The highest BCUT2D eigenvalue weighted by Crippen LogP contribution is 2.34. The van der Waals surface area contributed by atoms with E-state index in [0.717, 1.165) is 25.8 Å². The maximum atomic E-state index is 5.30. The van der Waals surface area contributed by atoms with Gasteiger partial charge >= 0.3 is 0 Å². The van der Waals surface area contributed by atoms with Crippen LogP contribution in [-0.2, 0) is 6.42 Å². The summed E-state index contributed by atoms with van der Waals surface area (Å²) in [5.41, 5.74) is 0.732. The molecule has 0 fully saturated rings. The van der Waals surface area contributed by atoms with E-state index in [1.807, 2.05) is 24.6 Å². The van der Waals surface area contributed by atoms with Crippen LogP contribution in [0.4, 0.5) is 0 Å². The van der Waals surface area contributed by atoms with Crippen molar-refractivity contribution in [1.29, 1.82) is 0 Å². The molecule has 3 aromatic heterocycles. The number of halogens is 1. The topological polar surface area (TPSA) is 63.8 Å². The third kappa shape index (κ3) is 3.39. The molecule has 8 heteroatoms. The maximum absolute atomic E-state index is 5.30. The lowest BCUT2D eigenvalue weighted by Gasteiger charge is -2.04. The van der Waals surface area contributed by atoms with E-state index in [0.29, 0.717) is 17.8 Å². The number of rotatable bonds is 5. The van der Waals surface area contributed by atoms with E-state index in [2.05, 4.69) is 43.3 Å². The van der Waals surface area contributed by atoms with Crippen LogP contribution in [0, 0.1) is 0 Å². The Morgan fingerprint density at radius 3 is 2.95 bits per heavy atom. The fourth-order valence-corrected chi connectivity index (χ4v) is 3.98. The van der Waals surface area contributed by atoms with E-state index >= 15 is 0 Å². The third-order valence-corrected chi connectivity index (χ3v) is 5.59. The summed E-state index contributed by atoms with van der Waals surface area (Å²) in [5, 5.41) is 10.1. The summed E-state index contributed by atoms with van der Waals surface area (Å²) in [4.78, 5) is 10.1. The first-order valence-electron chi connectivity index (χ1n) is 6.37. The Hall–Kier alpha value is -1.09. The standard InChI is InChI=1S/C13H13BrN4OS2/c1-7(15-2)5-11-17-12(19-18-11)8-6-20-13(16-8)9-3-4-10(14)21-9/h3-4,6-7,15H,5H2,1-2H3. The average molecular weight is 385 g/mol. The predicted octanol–water partition coefficient (Wildman–Crippen LogP) is 3.83. The molecular formula is C13H13BrN4OS2. The molecule has 0 saturated heterocycles. The molecule has 21 heavy (non-hydrogen) atoms. The largest absolute Gasteiger partial charge is 0.332 e. The maximum Gasteiger partial charge on any atom is 0.277 e. The molecule has 3 aromatic rings. The quantitative estimate of drug-likeness (QED) is 0.723. The van der Waals surface area contributed by atoms with Crippen LogP contribution in [-0.4, -0.2) is 28.2 Å². The molecule has 0 aliphatic heterocycles. The SMILES string of the molecule is CNC(C)Cc1noc(-c2csc(-c3ccc(Br)s3)n2)n1. The molecule has 3 rings (SSSR count). The molecule has 0 aromatic carbocycles. The summed E-state index contributed by atoms with van der Waals surface area (Å²) in [7, 11) is 1.91. The average Bonchev–Trinajstić information content (AvgIpc) is 3.17. The van der Waals surface area contributed by atoms with Gasteiger partial charge < -0.3 is 9.84 Å². The first kappa shape index (κ1) is 14.8. The van der Waals surface area contributed by atoms with Crippen LogP contribution < -0.4 is 5.32 Å². The monoisotopic (exact) mass is 384 g/mol. The first-order chi connectivity index (χ1) is 10.2. The molecular weight excluding hydrogens is 372 g/mol. The lowest BCUT2D eigenvalue weighted by atomic mass is 10.2. The van der Waals surface area contributed by atoms with Crippen LogP contribution in [0.25, 0.3) is 21.5 Å². The second-order valence-electron chi connectivity index (χ2n) is 4.55. The van der Waals surface area contributed by atoms with Crippen molar-refractivity contribution >= 4 is 38.6 Å². The van der Waals surface area contributed by atoms with Gasteiger partial charge in [0.1, 0.15) is 10.7 Å². The smallest absolute Gasteiger partial charge is 0.277 e. The fourth-order valence-electron chi connectivity index (χ4n) is 1.73. The van der Waals surface area contributed by atoms with Gasteiger partial charge in [0, 0.05) is 17.8 Å². The van der Waals surface area contributed by atoms with Crippen LogP contribution in [0.5, 0.6) is 0 Å². The minimum atomic E-state index is 0.310. The van der Waals surface area contributed by atoms with Gasteiger partial charge in [-0.25, -0.2) is 4.98 Å². The number of nitrogens with one attached hydrogen (secondary N) is 1. The number of aromatic nitrogens is 3. The van der Waals surface area contributed by atoms with Crippen molar-refractivity contribution in [2.24, 2.45) is 0 Å². The molecule has 1 N–H and O–H groups in total. The number of nitrogens with zero attached hydrogens (tertiary/aromatic N) is 3. The second-order valence-corrected chi connectivity index (χ2v) is 7.87. The van der Waals surface area contributed by atoms with Gasteiger partial charge in [0.05, 0.1) is 8.66 Å². The molecule has 5 nitrogen and oxygen atoms in total. The minimum absolute atomic E-state index is 0.310. The normalized spacial score (nSPS) is 12.7. The molecule has 0 radical (unpaired) electrons. The van der Waals surface area contributed by atoms with E-state index in [-0.39, 0.29) is 0 Å². The highest BCUT2D eigenvalue weighted by molar-refractivity contribution is 9.11. The van der Waals surface area contributed by atoms with Gasteiger partial charge in [-0.05, 0) is 42.0 Å². The van der Waals surface area contributed by atoms with Crippen molar-refractivity contribution in [3.8, 4) is 21.5 Å². The fraction of sp³-hybridized carbons (Fsp3) is 0.308. The van der Waals surface area contributed by atoms with E-state index in [1.54, 1.807) is 22.7 Å². The number of thiophene rings is 1. The molecule has 1 unspecified atom stereocenters. The minimum Gasteiger partial charge on any atom is -0.332 e. The zero-order valence-corrected chi connectivity index (χ0v) is 14.7. The van der Waals surface area contributed by atoms with Gasteiger partial charge in [-0.15, -0.1) is 22.7 Å². The number of hydrogen-bond donors (Lipinski definition) is 1. The van der Waals surface area contributed by atoms with Crippen molar-refractivity contribution in [1.82, 2.24) is 20.4 Å². The van der Waals surface area contributed by atoms with Crippen molar-refractivity contribution < 1.29 is 4.52 Å². The van der Waals surface area contributed by atoms with E-state index in [9.17, 15) is 0 Å². The van der Waals surface area contributed by atoms with Crippen molar-refractivity contribution in [2.75, 3.05) is 7.05 Å². The van der Waals surface area contributed by atoms with Crippen molar-refractivity contribution in [3.63, 3.8) is 0 Å². The molecule has 0 aliphatic carbocycles. The van der Waals surface area contributed by atoms with Gasteiger partial charge in [-0.2, -0.15) is 4.98 Å². The highest BCUT2D eigenvalue weighted by Gasteiger charge is 2.15. The molecule has 1 atom stereocenters. The molecule has 0 saturated carbocycles. The summed E-state index contributed by atoms with van der Waals surface area (Å²) in [6.45, 7) is 2.08. The van der Waals surface area contributed by atoms with Crippen LogP contribution in [0.1, 0.15) is 12.7 Å². The molecule has 0 spiro atoms. The lowest BCUT2D eigenvalue weighted by Crippen LogP contribution is -2.24. The summed E-state index contributed by atoms with van der Waals surface area (Å²) < 4.78 is 6.39. The van der Waals surface area contributed by atoms with Gasteiger partial charge in [0.15, 0.2) is 5.82 Å². The van der Waals surface area contributed by atoms with E-state index in [1.165, 1.54) is 0 Å². The Kier molecular flexibility index (Phi) is 4.48. The Morgan fingerprint density at radius 2 is 2.24 bits per heavy atom. The number of likely N-dealkylation sites (N-methyl/N-ethyl adjacent to an activating group) is 1. The zero-order chi connectivity index (χ0) is 14.8. The third-order valence-electron chi connectivity index (χ3n) is 2.96. The summed E-state index contributed by atoms with van der Waals surface area (Å²) in [6, 6.07) is 4.38. The highest BCUT2D eigenvalue weighted by atomic mass is 79.9.